The van der Waals surface area contributed by atoms with E-state index in [1.165, 1.54) is 12.1 Å². The molecule has 0 unspecified atom stereocenters. The smallest absolute Gasteiger partial charge is 0.374 e. The minimum Gasteiger partial charge on any atom is -0.460 e. The van der Waals surface area contributed by atoms with Crippen LogP contribution < -0.4 is 0 Å². The van der Waals surface area contributed by atoms with E-state index in [9.17, 15) is 9.59 Å². The van der Waals surface area contributed by atoms with Gasteiger partial charge in [0.05, 0.1) is 6.61 Å². The maximum Gasteiger partial charge on any atom is 0.374 e. The van der Waals surface area contributed by atoms with E-state index >= 15 is 0 Å². The predicted molar refractivity (Wildman–Crippen MR) is 78.2 cm³/mol. The van der Waals surface area contributed by atoms with Gasteiger partial charge in [-0.1, -0.05) is 20.8 Å². The summed E-state index contributed by atoms with van der Waals surface area (Å²) in [5.41, 5.74) is -0.525. The normalized spacial score (nSPS) is 12.1. The lowest BCUT2D eigenvalue weighted by Crippen LogP contribution is -2.23. The van der Waals surface area contributed by atoms with Crippen LogP contribution in [0.3, 0.4) is 0 Å². The molecule has 0 atom stereocenters. The largest absolute Gasteiger partial charge is 0.460 e. The van der Waals surface area contributed by atoms with Crippen LogP contribution in [0.25, 0.3) is 0 Å². The number of esters is 2. The molecule has 1 aromatic heterocycles. The maximum atomic E-state index is 11.8. The predicted octanol–water partition coefficient (Wildman–Crippen LogP) is 3.83. The molecule has 0 fully saturated rings. The van der Waals surface area contributed by atoms with Crippen LogP contribution >= 0.6 is 0 Å². The van der Waals surface area contributed by atoms with Gasteiger partial charge in [-0.25, -0.2) is 9.59 Å². The summed E-state index contributed by atoms with van der Waals surface area (Å²) < 4.78 is 15.5. The average Bonchev–Trinajstić information content (AvgIpc) is 2.73. The van der Waals surface area contributed by atoms with Crippen molar-refractivity contribution in [2.24, 2.45) is 5.41 Å². The number of ether oxygens (including phenoxy) is 2. The molecule has 1 heterocycles. The summed E-state index contributed by atoms with van der Waals surface area (Å²) in [6.45, 7) is 11.8. The molecule has 21 heavy (non-hydrogen) atoms. The summed E-state index contributed by atoms with van der Waals surface area (Å²) in [7, 11) is 0. The molecule has 1 aromatic rings. The molecule has 0 aliphatic heterocycles. The van der Waals surface area contributed by atoms with E-state index in [0.717, 1.165) is 6.42 Å². The summed E-state index contributed by atoms with van der Waals surface area (Å²) in [6.07, 6.45) is 0.748. The molecule has 1 rings (SSSR count). The molecule has 0 aliphatic rings. The highest BCUT2D eigenvalue weighted by molar-refractivity contribution is 5.91. The number of furan rings is 1. The van der Waals surface area contributed by atoms with Crippen molar-refractivity contribution in [1.29, 1.82) is 0 Å². The highest BCUT2D eigenvalue weighted by Gasteiger charge is 2.22. The van der Waals surface area contributed by atoms with Crippen molar-refractivity contribution < 1.29 is 23.5 Å². The molecular weight excluding hydrogens is 272 g/mol. The standard InChI is InChI=1S/C16H24O5/c1-15(2,3)9-10-19-13(17)11-7-8-12(20-11)14(18)21-16(4,5)6/h7-8H,9-10H2,1-6H3. The third kappa shape index (κ3) is 6.47. The van der Waals surface area contributed by atoms with Crippen LogP contribution in [-0.2, 0) is 9.47 Å². The third-order valence-corrected chi connectivity index (χ3v) is 2.49. The van der Waals surface area contributed by atoms with Gasteiger partial charge in [0.1, 0.15) is 5.60 Å². The van der Waals surface area contributed by atoms with Crippen LogP contribution in [0.15, 0.2) is 16.5 Å². The first kappa shape index (κ1) is 17.3. The molecule has 0 radical (unpaired) electrons. The van der Waals surface area contributed by atoms with Crippen LogP contribution in [0.1, 0.15) is 69.1 Å². The Morgan fingerprint density at radius 3 is 2.00 bits per heavy atom. The van der Waals surface area contributed by atoms with Crippen molar-refractivity contribution in [3.05, 3.63) is 23.7 Å². The van der Waals surface area contributed by atoms with Gasteiger partial charge in [-0.2, -0.15) is 0 Å². The monoisotopic (exact) mass is 296 g/mol. The van der Waals surface area contributed by atoms with E-state index < -0.39 is 17.5 Å². The highest BCUT2D eigenvalue weighted by Crippen LogP contribution is 2.19. The Hall–Kier alpha value is -1.78. The summed E-state index contributed by atoms with van der Waals surface area (Å²) in [4.78, 5) is 23.6. The van der Waals surface area contributed by atoms with Crippen molar-refractivity contribution in [2.75, 3.05) is 6.61 Å². The Kier molecular flexibility index (Phi) is 5.20. The van der Waals surface area contributed by atoms with Crippen LogP contribution in [0, 0.1) is 5.41 Å². The molecule has 5 nitrogen and oxygen atoms in total. The molecule has 0 bridgehead atoms. The first-order chi connectivity index (χ1) is 9.48. The van der Waals surface area contributed by atoms with Crippen LogP contribution in [-0.4, -0.2) is 24.1 Å². The van der Waals surface area contributed by atoms with E-state index in [0.29, 0.717) is 6.61 Å². The Bertz CT molecular complexity index is 499. The van der Waals surface area contributed by atoms with Gasteiger partial charge in [0, 0.05) is 0 Å². The zero-order valence-corrected chi connectivity index (χ0v) is 13.6. The highest BCUT2D eigenvalue weighted by atomic mass is 16.6. The first-order valence-corrected chi connectivity index (χ1v) is 6.98. The Morgan fingerprint density at radius 1 is 1.00 bits per heavy atom. The Morgan fingerprint density at radius 2 is 1.52 bits per heavy atom. The lowest BCUT2D eigenvalue weighted by atomic mass is 9.93. The number of hydrogen-bond donors (Lipinski definition) is 0. The number of rotatable bonds is 4. The van der Waals surface area contributed by atoms with E-state index in [1.807, 2.05) is 0 Å². The van der Waals surface area contributed by atoms with Gasteiger partial charge in [0.25, 0.3) is 0 Å². The van der Waals surface area contributed by atoms with Gasteiger partial charge in [-0.05, 0) is 44.7 Å². The molecule has 0 amide bonds. The van der Waals surface area contributed by atoms with Crippen molar-refractivity contribution in [1.82, 2.24) is 0 Å². The van der Waals surface area contributed by atoms with Gasteiger partial charge < -0.3 is 13.9 Å². The van der Waals surface area contributed by atoms with Gasteiger partial charge in [-0.15, -0.1) is 0 Å². The second kappa shape index (κ2) is 6.33. The van der Waals surface area contributed by atoms with Crippen LogP contribution in [0.2, 0.25) is 0 Å². The van der Waals surface area contributed by atoms with Crippen molar-refractivity contribution in [3.8, 4) is 0 Å². The minimum absolute atomic E-state index is 0.00442. The lowest BCUT2D eigenvalue weighted by Gasteiger charge is -2.18. The summed E-state index contributed by atoms with van der Waals surface area (Å²) in [5, 5.41) is 0. The topological polar surface area (TPSA) is 65.7 Å². The second-order valence-electron chi connectivity index (χ2n) is 7.11. The van der Waals surface area contributed by atoms with E-state index in [4.69, 9.17) is 13.9 Å². The molecule has 0 N–H and O–H groups in total. The SMILES string of the molecule is CC(C)(C)CCOC(=O)c1ccc(C(=O)OC(C)(C)C)o1. The van der Waals surface area contributed by atoms with Crippen molar-refractivity contribution in [2.45, 2.75) is 53.6 Å². The van der Waals surface area contributed by atoms with Crippen molar-refractivity contribution in [3.63, 3.8) is 0 Å². The summed E-state index contributed by atoms with van der Waals surface area (Å²) in [5.74, 6) is -1.18. The van der Waals surface area contributed by atoms with Gasteiger partial charge in [0.15, 0.2) is 0 Å². The molecule has 5 heteroatoms. The molecule has 118 valence electrons. The van der Waals surface area contributed by atoms with E-state index in [1.54, 1.807) is 20.8 Å². The zero-order valence-electron chi connectivity index (χ0n) is 13.6. The fraction of sp³-hybridized carbons (Fsp3) is 0.625. The van der Waals surface area contributed by atoms with E-state index in [2.05, 4.69) is 20.8 Å². The van der Waals surface area contributed by atoms with Crippen molar-refractivity contribution >= 4 is 11.9 Å². The van der Waals surface area contributed by atoms with Gasteiger partial charge >= 0.3 is 11.9 Å². The second-order valence-corrected chi connectivity index (χ2v) is 7.11. The minimum atomic E-state index is -0.614. The maximum absolute atomic E-state index is 11.8. The molecule has 0 saturated carbocycles. The van der Waals surface area contributed by atoms with Gasteiger partial charge in [0.2, 0.25) is 11.5 Å². The first-order valence-electron chi connectivity index (χ1n) is 6.98. The molecule has 0 spiro atoms. The fourth-order valence-corrected chi connectivity index (χ4v) is 1.41. The zero-order chi connectivity index (χ0) is 16.3. The third-order valence-electron chi connectivity index (χ3n) is 2.49. The summed E-state index contributed by atoms with van der Waals surface area (Å²) >= 11 is 0. The Balaban J connectivity index is 2.58. The summed E-state index contributed by atoms with van der Waals surface area (Å²) in [6, 6.07) is 2.83. The molecule has 0 aromatic carbocycles. The number of hydrogen-bond acceptors (Lipinski definition) is 5. The number of carbonyl (C=O) groups is 2. The average molecular weight is 296 g/mol. The Labute approximate surface area is 125 Å². The van der Waals surface area contributed by atoms with Gasteiger partial charge in [-0.3, -0.25) is 0 Å². The fourth-order valence-electron chi connectivity index (χ4n) is 1.41. The number of carbonyl (C=O) groups excluding carboxylic acids is 2. The van der Waals surface area contributed by atoms with Crippen LogP contribution in [0.5, 0.6) is 0 Å². The quantitative estimate of drug-likeness (QED) is 0.790. The van der Waals surface area contributed by atoms with E-state index in [-0.39, 0.29) is 16.9 Å². The molecule has 0 aliphatic carbocycles. The molecular formula is C16H24O5. The lowest BCUT2D eigenvalue weighted by molar-refractivity contribution is 0.00336. The van der Waals surface area contributed by atoms with Crippen LogP contribution in [0.4, 0.5) is 0 Å². The molecule has 0 saturated heterocycles.